The maximum atomic E-state index is 13.4. The number of unbranched alkanes of at least 4 members (excludes halogenated alkanes) is 1. The summed E-state index contributed by atoms with van der Waals surface area (Å²) in [6.07, 6.45) is -1.42. The number of ether oxygens (including phenoxy) is 1. The van der Waals surface area contributed by atoms with Gasteiger partial charge in [0.1, 0.15) is 0 Å². The molecule has 0 amide bonds. The minimum Gasteiger partial charge on any atom is -0.481 e. The number of nitrogens with one attached hydrogen (secondary N) is 1. The van der Waals surface area contributed by atoms with Crippen LogP contribution in [0.5, 0.6) is 0 Å². The highest BCUT2D eigenvalue weighted by Gasteiger charge is 2.32. The minimum absolute atomic E-state index is 0.0191. The largest absolute Gasteiger partial charge is 0.481 e. The van der Waals surface area contributed by atoms with Crippen LogP contribution in [0.25, 0.3) is 0 Å². The Morgan fingerprint density at radius 1 is 1.11 bits per heavy atom. The van der Waals surface area contributed by atoms with Crippen LogP contribution in [0.4, 0.5) is 13.2 Å². The molecule has 2 atom stereocenters. The van der Waals surface area contributed by atoms with Crippen molar-refractivity contribution in [2.24, 2.45) is 5.92 Å². The fourth-order valence-corrected chi connectivity index (χ4v) is 5.36. The number of rotatable bonds is 14. The van der Waals surface area contributed by atoms with Gasteiger partial charge in [-0.25, -0.2) is 0 Å². The molecule has 0 aliphatic heterocycles. The predicted molar refractivity (Wildman–Crippen MR) is 141 cm³/mol. The van der Waals surface area contributed by atoms with Crippen molar-refractivity contribution in [3.63, 3.8) is 0 Å². The van der Waals surface area contributed by atoms with Crippen molar-refractivity contribution < 1.29 is 32.9 Å². The van der Waals surface area contributed by atoms with Crippen LogP contribution in [0.3, 0.4) is 0 Å². The number of aliphatic hydroxyl groups is 1. The van der Waals surface area contributed by atoms with Crippen molar-refractivity contribution in [3.05, 3.63) is 70.3 Å². The van der Waals surface area contributed by atoms with Crippen molar-refractivity contribution >= 4 is 5.97 Å². The van der Waals surface area contributed by atoms with E-state index in [2.05, 4.69) is 43.4 Å². The van der Waals surface area contributed by atoms with Gasteiger partial charge in [0.05, 0.1) is 24.4 Å². The number of aryl methyl sites for hydroxylation is 1. The van der Waals surface area contributed by atoms with Gasteiger partial charge in [-0.1, -0.05) is 30.3 Å². The molecule has 0 fully saturated rings. The summed E-state index contributed by atoms with van der Waals surface area (Å²) in [6, 6.07) is 12.1. The molecule has 0 heterocycles. The van der Waals surface area contributed by atoms with Gasteiger partial charge in [-0.15, -0.1) is 0 Å². The number of aliphatic hydroxyl groups excluding tert-OH is 1. The van der Waals surface area contributed by atoms with Crippen LogP contribution >= 0.6 is 0 Å². The molecule has 0 saturated carbocycles. The third-order valence-electron chi connectivity index (χ3n) is 7.29. The molecule has 1 aliphatic rings. The summed E-state index contributed by atoms with van der Waals surface area (Å²) >= 11 is 0. The molecule has 0 spiro atoms. The summed E-state index contributed by atoms with van der Waals surface area (Å²) in [4.78, 5) is 10.8. The van der Waals surface area contributed by atoms with Gasteiger partial charge in [0, 0.05) is 18.5 Å². The molecule has 2 aromatic carbocycles. The Kier molecular flexibility index (Phi) is 10.4. The molecule has 0 radical (unpaired) electrons. The lowest BCUT2D eigenvalue weighted by Gasteiger charge is -2.31. The van der Waals surface area contributed by atoms with Crippen molar-refractivity contribution in [3.8, 4) is 0 Å². The average molecular weight is 536 g/mol. The fraction of sp³-hybridized carbons (Fsp3) is 0.567. The molecule has 0 saturated heterocycles. The van der Waals surface area contributed by atoms with Crippen molar-refractivity contribution in [1.29, 1.82) is 0 Å². The first-order valence-corrected chi connectivity index (χ1v) is 13.4. The van der Waals surface area contributed by atoms with E-state index < -0.39 is 29.9 Å². The zero-order valence-electron chi connectivity index (χ0n) is 22.5. The Bertz CT molecular complexity index is 1040. The zero-order valence-corrected chi connectivity index (χ0v) is 22.5. The molecule has 0 bridgehead atoms. The van der Waals surface area contributed by atoms with E-state index in [4.69, 9.17) is 9.84 Å². The Balaban J connectivity index is 1.52. The number of carboxylic acid groups (broad SMARTS) is 1. The molecule has 1 aliphatic carbocycles. The molecular weight excluding hydrogens is 495 g/mol. The summed E-state index contributed by atoms with van der Waals surface area (Å²) in [5.74, 6) is -0.355. The molecule has 3 rings (SSSR count). The van der Waals surface area contributed by atoms with E-state index in [-0.39, 0.29) is 18.6 Å². The van der Waals surface area contributed by atoms with E-state index in [1.165, 1.54) is 17.2 Å². The highest BCUT2D eigenvalue weighted by atomic mass is 19.4. The lowest BCUT2D eigenvalue weighted by Crippen LogP contribution is -2.45. The Labute approximate surface area is 223 Å². The van der Waals surface area contributed by atoms with Crippen molar-refractivity contribution in [1.82, 2.24) is 5.32 Å². The second-order valence-corrected chi connectivity index (χ2v) is 11.2. The number of aliphatic carboxylic acids is 1. The first-order valence-electron chi connectivity index (χ1n) is 13.4. The highest BCUT2D eigenvalue weighted by Crippen LogP contribution is 2.34. The molecule has 0 aromatic heterocycles. The van der Waals surface area contributed by atoms with Crippen LogP contribution < -0.4 is 5.32 Å². The van der Waals surface area contributed by atoms with Crippen LogP contribution in [0.1, 0.15) is 80.4 Å². The summed E-state index contributed by atoms with van der Waals surface area (Å²) in [7, 11) is 0. The molecule has 38 heavy (non-hydrogen) atoms. The van der Waals surface area contributed by atoms with Crippen LogP contribution in [0, 0.1) is 5.92 Å². The third kappa shape index (κ3) is 9.10. The van der Waals surface area contributed by atoms with E-state index in [1.54, 1.807) is 6.92 Å². The molecule has 8 heteroatoms. The van der Waals surface area contributed by atoms with Crippen molar-refractivity contribution in [2.75, 3.05) is 13.2 Å². The Hall–Kier alpha value is -2.42. The lowest BCUT2D eigenvalue weighted by atomic mass is 9.88. The highest BCUT2D eigenvalue weighted by molar-refractivity contribution is 5.66. The van der Waals surface area contributed by atoms with E-state index in [1.807, 2.05) is 0 Å². The van der Waals surface area contributed by atoms with E-state index in [9.17, 15) is 23.1 Å². The average Bonchev–Trinajstić information content (AvgIpc) is 3.24. The van der Waals surface area contributed by atoms with Gasteiger partial charge in [0.15, 0.2) is 0 Å². The van der Waals surface area contributed by atoms with E-state index >= 15 is 0 Å². The first-order chi connectivity index (χ1) is 17.8. The fourth-order valence-electron chi connectivity index (χ4n) is 5.36. The zero-order chi connectivity index (χ0) is 27.9. The number of halogens is 3. The summed E-state index contributed by atoms with van der Waals surface area (Å²) in [5.41, 5.74) is 2.98. The summed E-state index contributed by atoms with van der Waals surface area (Å²) < 4.78 is 45.9. The molecule has 3 N–H and O–H groups in total. The van der Waals surface area contributed by atoms with Crippen molar-refractivity contribution in [2.45, 2.75) is 89.6 Å². The number of alkyl halides is 3. The Morgan fingerprint density at radius 3 is 2.37 bits per heavy atom. The second kappa shape index (κ2) is 13.1. The number of carboxylic acids is 1. The number of benzene rings is 2. The maximum absolute atomic E-state index is 13.4. The number of hydrogen-bond donors (Lipinski definition) is 3. The van der Waals surface area contributed by atoms with Gasteiger partial charge in [-0.2, -0.15) is 13.2 Å². The van der Waals surface area contributed by atoms with Crippen LogP contribution in [-0.4, -0.2) is 41.0 Å². The van der Waals surface area contributed by atoms with Crippen LogP contribution in [0.2, 0.25) is 0 Å². The van der Waals surface area contributed by atoms with Gasteiger partial charge < -0.3 is 20.3 Å². The first kappa shape index (κ1) is 30.1. The van der Waals surface area contributed by atoms with Gasteiger partial charge in [-0.05, 0) is 99.6 Å². The molecule has 210 valence electrons. The smallest absolute Gasteiger partial charge is 0.416 e. The van der Waals surface area contributed by atoms with Gasteiger partial charge >= 0.3 is 12.1 Å². The standard InChI is InChI=1S/C30H40F3NO4/c1-20(27-16-25(30(31,32)33)13-12-22(27)8-6-7-11-28(36)37)38-19-26(35)18-34-29(2,3)17-21-14-23-9-4-5-10-24(23)15-21/h4-5,9-10,12-13,16,20-21,26,34-35H,6-8,11,14-15,17-19H2,1-3H3,(H,36,37)/t20-,26-/m1/s1. The number of β-amino-alcohol motifs (C(OH)–C–C–N with tert-alkyl or cyclic N) is 1. The van der Waals surface area contributed by atoms with E-state index in [0.29, 0.717) is 42.9 Å². The number of fused-ring (bicyclic) bond motifs is 1. The normalized spacial score (nSPS) is 15.9. The van der Waals surface area contributed by atoms with Gasteiger partial charge in [-0.3, -0.25) is 4.79 Å². The third-order valence-corrected chi connectivity index (χ3v) is 7.29. The number of hydrogen-bond acceptors (Lipinski definition) is 4. The summed E-state index contributed by atoms with van der Waals surface area (Å²) in [5, 5.41) is 22.8. The monoisotopic (exact) mass is 535 g/mol. The maximum Gasteiger partial charge on any atom is 0.416 e. The molecule has 5 nitrogen and oxygen atoms in total. The van der Waals surface area contributed by atoms with Gasteiger partial charge in [0.25, 0.3) is 0 Å². The predicted octanol–water partition coefficient (Wildman–Crippen LogP) is 6.11. The second-order valence-electron chi connectivity index (χ2n) is 11.2. The van der Waals surface area contributed by atoms with E-state index in [0.717, 1.165) is 31.4 Å². The lowest BCUT2D eigenvalue weighted by molar-refractivity contribution is -0.138. The molecular formula is C30H40F3NO4. The Morgan fingerprint density at radius 2 is 1.76 bits per heavy atom. The number of carbonyl (C=O) groups is 1. The molecule has 2 aromatic rings. The summed E-state index contributed by atoms with van der Waals surface area (Å²) in [6.45, 7) is 6.20. The molecule has 0 unspecified atom stereocenters. The van der Waals surface area contributed by atoms with Crippen LogP contribution in [0.15, 0.2) is 42.5 Å². The van der Waals surface area contributed by atoms with Crippen LogP contribution in [-0.2, 0) is 35.0 Å². The minimum atomic E-state index is -4.48. The topological polar surface area (TPSA) is 78.8 Å². The van der Waals surface area contributed by atoms with Gasteiger partial charge in [0.2, 0.25) is 0 Å². The SMILES string of the molecule is C[C@@H](OC[C@H](O)CNC(C)(C)CC1Cc2ccccc2C1)c1cc(C(F)(F)F)ccc1CCCCC(=O)O. The quantitative estimate of drug-likeness (QED) is 0.254.